The third kappa shape index (κ3) is 3.65. The number of carbonyl (C=O) groups is 1. The Balaban J connectivity index is 1.60. The van der Waals surface area contributed by atoms with E-state index < -0.39 is 9.84 Å². The van der Waals surface area contributed by atoms with Crippen LogP contribution in [0.1, 0.15) is 53.0 Å². The molecule has 1 N–H and O–H groups in total. The minimum Gasteiger partial charge on any atom is -0.322 e. The van der Waals surface area contributed by atoms with Crippen LogP contribution in [0.25, 0.3) is 11.0 Å². The lowest BCUT2D eigenvalue weighted by atomic mass is 10.1. The first-order valence-electron chi connectivity index (χ1n) is 9.98. The van der Waals surface area contributed by atoms with Gasteiger partial charge in [-0.05, 0) is 56.5 Å². The lowest BCUT2D eigenvalue weighted by molar-refractivity contribution is 0.102. The summed E-state index contributed by atoms with van der Waals surface area (Å²) in [7, 11) is -3.06. The number of rotatable bonds is 4. The van der Waals surface area contributed by atoms with Gasteiger partial charge in [-0.1, -0.05) is 15.9 Å². The first-order chi connectivity index (χ1) is 14.3. The molecule has 1 aromatic carbocycles. The Morgan fingerprint density at radius 1 is 1.20 bits per heavy atom. The van der Waals surface area contributed by atoms with Gasteiger partial charge in [0.1, 0.15) is 0 Å². The Morgan fingerprint density at radius 3 is 2.57 bits per heavy atom. The molecule has 3 aromatic rings. The number of fused-ring (bicyclic) bond motifs is 1. The van der Waals surface area contributed by atoms with Crippen LogP contribution in [-0.4, -0.2) is 40.6 Å². The van der Waals surface area contributed by atoms with Crippen molar-refractivity contribution in [2.45, 2.75) is 38.1 Å². The summed E-state index contributed by atoms with van der Waals surface area (Å²) in [5.41, 5.74) is 3.41. The maximum Gasteiger partial charge on any atom is 0.256 e. The van der Waals surface area contributed by atoms with Crippen molar-refractivity contribution < 1.29 is 13.2 Å². The summed E-state index contributed by atoms with van der Waals surface area (Å²) in [6, 6.07) is 9.05. The van der Waals surface area contributed by atoms with Crippen LogP contribution in [0, 0.1) is 6.92 Å². The van der Waals surface area contributed by atoms with E-state index in [1.54, 1.807) is 4.68 Å². The summed E-state index contributed by atoms with van der Waals surface area (Å²) in [5.74, 6) is 0.369. The summed E-state index contributed by atoms with van der Waals surface area (Å²) < 4.78 is 26.7. The molecule has 3 heterocycles. The Kier molecular flexibility index (Phi) is 4.70. The molecule has 156 valence electrons. The molecule has 1 amide bonds. The second kappa shape index (κ2) is 7.16. The molecule has 2 fully saturated rings. The Bertz CT molecular complexity index is 1260. The first kappa shape index (κ1) is 19.7. The zero-order chi connectivity index (χ0) is 21.0. The van der Waals surface area contributed by atoms with Crippen molar-refractivity contribution >= 4 is 48.4 Å². The quantitative estimate of drug-likeness (QED) is 0.598. The number of pyridine rings is 1. The second-order valence-electron chi connectivity index (χ2n) is 8.12. The number of amides is 1. The molecule has 0 unspecified atom stereocenters. The third-order valence-corrected chi connectivity index (χ3v) is 8.03. The summed E-state index contributed by atoms with van der Waals surface area (Å²) in [5, 5.41) is 8.28. The molecule has 1 atom stereocenters. The van der Waals surface area contributed by atoms with Crippen LogP contribution in [0.5, 0.6) is 0 Å². The highest BCUT2D eigenvalue weighted by Crippen LogP contribution is 2.41. The minimum absolute atomic E-state index is 0.0684. The van der Waals surface area contributed by atoms with E-state index in [9.17, 15) is 13.2 Å². The molecule has 2 aromatic heterocycles. The van der Waals surface area contributed by atoms with Crippen LogP contribution in [0.15, 0.2) is 34.8 Å². The van der Waals surface area contributed by atoms with Gasteiger partial charge in [-0.2, -0.15) is 5.10 Å². The van der Waals surface area contributed by atoms with Gasteiger partial charge in [0.2, 0.25) is 0 Å². The van der Waals surface area contributed by atoms with Crippen molar-refractivity contribution in [1.29, 1.82) is 0 Å². The number of hydrogen-bond donors (Lipinski definition) is 1. The Labute approximate surface area is 182 Å². The molecule has 7 nitrogen and oxygen atoms in total. The lowest BCUT2D eigenvalue weighted by Gasteiger charge is -2.12. The highest BCUT2D eigenvalue weighted by molar-refractivity contribution is 9.10. The smallest absolute Gasteiger partial charge is 0.256 e. The maximum absolute atomic E-state index is 13.2. The molecule has 2 aliphatic rings. The average Bonchev–Trinajstić information content (AvgIpc) is 3.42. The van der Waals surface area contributed by atoms with Crippen LogP contribution in [0.4, 0.5) is 5.69 Å². The molecule has 1 saturated heterocycles. The van der Waals surface area contributed by atoms with Crippen LogP contribution in [0.3, 0.4) is 0 Å². The number of anilines is 1. The van der Waals surface area contributed by atoms with Gasteiger partial charge in [0.25, 0.3) is 5.91 Å². The molecule has 0 radical (unpaired) electrons. The van der Waals surface area contributed by atoms with Crippen molar-refractivity contribution in [3.63, 3.8) is 0 Å². The molecule has 1 aliphatic heterocycles. The van der Waals surface area contributed by atoms with E-state index in [4.69, 9.17) is 4.98 Å². The molecular weight excluding hydrogens is 468 g/mol. The summed E-state index contributed by atoms with van der Waals surface area (Å²) in [6.45, 7) is 1.84. The molecule has 0 bridgehead atoms. The molecule has 30 heavy (non-hydrogen) atoms. The molecular formula is C21H21BrN4O3S. The van der Waals surface area contributed by atoms with Crippen LogP contribution < -0.4 is 5.32 Å². The molecule has 5 rings (SSSR count). The van der Waals surface area contributed by atoms with E-state index in [-0.39, 0.29) is 23.5 Å². The lowest BCUT2D eigenvalue weighted by Crippen LogP contribution is -2.15. The van der Waals surface area contributed by atoms with E-state index in [0.29, 0.717) is 40.3 Å². The van der Waals surface area contributed by atoms with Gasteiger partial charge in [-0.25, -0.2) is 18.1 Å². The second-order valence-corrected chi connectivity index (χ2v) is 11.3. The third-order valence-electron chi connectivity index (χ3n) is 5.75. The Morgan fingerprint density at radius 2 is 1.93 bits per heavy atom. The van der Waals surface area contributed by atoms with E-state index in [0.717, 1.165) is 23.0 Å². The van der Waals surface area contributed by atoms with Gasteiger partial charge >= 0.3 is 0 Å². The summed E-state index contributed by atoms with van der Waals surface area (Å²) >= 11 is 3.40. The maximum atomic E-state index is 13.2. The number of sulfone groups is 1. The number of aromatic nitrogens is 3. The predicted octanol–water partition coefficient (Wildman–Crippen LogP) is 3.99. The van der Waals surface area contributed by atoms with Crippen molar-refractivity contribution in [3.05, 3.63) is 51.8 Å². The van der Waals surface area contributed by atoms with Crippen LogP contribution in [-0.2, 0) is 9.84 Å². The number of nitrogens with zero attached hydrogens (tertiary/aromatic N) is 3. The molecule has 1 aliphatic carbocycles. The molecule has 0 spiro atoms. The van der Waals surface area contributed by atoms with Crippen molar-refractivity contribution in [1.82, 2.24) is 14.8 Å². The van der Waals surface area contributed by atoms with E-state index in [2.05, 4.69) is 26.3 Å². The Hall–Kier alpha value is -2.26. The fraction of sp³-hybridized carbons (Fsp3) is 0.381. The van der Waals surface area contributed by atoms with E-state index in [1.165, 1.54) is 0 Å². The fourth-order valence-corrected chi connectivity index (χ4v) is 6.01. The van der Waals surface area contributed by atoms with E-state index in [1.807, 2.05) is 37.3 Å². The zero-order valence-electron chi connectivity index (χ0n) is 16.4. The number of hydrogen-bond acceptors (Lipinski definition) is 5. The predicted molar refractivity (Wildman–Crippen MR) is 119 cm³/mol. The number of aryl methyl sites for hydroxylation is 1. The highest BCUT2D eigenvalue weighted by atomic mass is 79.9. The van der Waals surface area contributed by atoms with Gasteiger partial charge in [0.05, 0.1) is 34.2 Å². The number of benzene rings is 1. The van der Waals surface area contributed by atoms with Gasteiger partial charge in [0, 0.05) is 21.8 Å². The zero-order valence-corrected chi connectivity index (χ0v) is 18.8. The van der Waals surface area contributed by atoms with Gasteiger partial charge < -0.3 is 5.32 Å². The van der Waals surface area contributed by atoms with E-state index >= 15 is 0 Å². The SMILES string of the molecule is Cc1nn([C@@H]2CCS(=O)(=O)C2)c2nc(C3CC3)cc(C(=O)Nc3ccc(Br)cc3)c12. The monoisotopic (exact) mass is 488 g/mol. The standard InChI is InChI=1S/C21H21BrN4O3S/c1-12-19-17(21(27)23-15-6-4-14(22)5-7-15)10-18(13-2-3-13)24-20(19)26(25-12)16-8-9-30(28,29)11-16/h4-7,10,13,16H,2-3,8-9,11H2,1H3,(H,23,27)/t16-/m1/s1. The molecule has 9 heteroatoms. The van der Waals surface area contributed by atoms with Gasteiger partial charge in [0.15, 0.2) is 15.5 Å². The number of nitrogens with one attached hydrogen (secondary N) is 1. The van der Waals surface area contributed by atoms with Crippen molar-refractivity contribution in [2.75, 3.05) is 16.8 Å². The van der Waals surface area contributed by atoms with Crippen LogP contribution in [0.2, 0.25) is 0 Å². The minimum atomic E-state index is -3.06. The highest BCUT2D eigenvalue weighted by Gasteiger charge is 2.34. The average molecular weight is 489 g/mol. The summed E-state index contributed by atoms with van der Waals surface area (Å²) in [4.78, 5) is 18.0. The van der Waals surface area contributed by atoms with Crippen molar-refractivity contribution in [3.8, 4) is 0 Å². The number of carbonyl (C=O) groups excluding carboxylic acids is 1. The number of halogens is 1. The van der Waals surface area contributed by atoms with Crippen molar-refractivity contribution in [2.24, 2.45) is 0 Å². The van der Waals surface area contributed by atoms with Gasteiger partial charge in [-0.15, -0.1) is 0 Å². The van der Waals surface area contributed by atoms with Gasteiger partial charge in [-0.3, -0.25) is 4.79 Å². The largest absolute Gasteiger partial charge is 0.322 e. The normalized spacial score (nSPS) is 20.5. The summed E-state index contributed by atoms with van der Waals surface area (Å²) in [6.07, 6.45) is 2.63. The fourth-order valence-electron chi connectivity index (χ4n) is 4.05. The topological polar surface area (TPSA) is 93.9 Å². The molecule has 1 saturated carbocycles. The van der Waals surface area contributed by atoms with Crippen LogP contribution >= 0.6 is 15.9 Å². The first-order valence-corrected chi connectivity index (χ1v) is 12.6.